The van der Waals surface area contributed by atoms with Gasteiger partial charge in [-0.25, -0.2) is 4.98 Å². The van der Waals surface area contributed by atoms with Crippen molar-refractivity contribution in [2.24, 2.45) is 0 Å². The summed E-state index contributed by atoms with van der Waals surface area (Å²) in [6, 6.07) is 13.4. The smallest absolute Gasteiger partial charge is 0.214 e. The van der Waals surface area contributed by atoms with Crippen molar-refractivity contribution in [2.45, 2.75) is 12.8 Å². The maximum absolute atomic E-state index is 12.9. The first-order valence-corrected chi connectivity index (χ1v) is 5.66. The second-order valence-corrected chi connectivity index (χ2v) is 4.06. The van der Waals surface area contributed by atoms with Crippen LogP contribution in [0.5, 0.6) is 0 Å². The van der Waals surface area contributed by atoms with E-state index in [9.17, 15) is 4.39 Å². The fourth-order valence-corrected chi connectivity index (χ4v) is 1.68. The summed E-state index contributed by atoms with van der Waals surface area (Å²) in [6.07, 6.45) is 1.46. The minimum atomic E-state index is -0.456. The summed E-state index contributed by atoms with van der Waals surface area (Å²) < 4.78 is 12.9. The second kappa shape index (κ2) is 5.43. The third kappa shape index (κ3) is 3.28. The average Bonchev–Trinajstić information content (AvgIpc) is 2.37. The van der Waals surface area contributed by atoms with Crippen molar-refractivity contribution in [1.82, 2.24) is 4.98 Å². The van der Waals surface area contributed by atoms with E-state index >= 15 is 0 Å². The zero-order valence-corrected chi connectivity index (χ0v) is 9.73. The van der Waals surface area contributed by atoms with Gasteiger partial charge in [-0.2, -0.15) is 4.39 Å². The Hall–Kier alpha value is -1.90. The summed E-state index contributed by atoms with van der Waals surface area (Å²) in [7, 11) is 0. The molecule has 1 aromatic heterocycles. The molecule has 0 saturated carbocycles. The van der Waals surface area contributed by atoms with Crippen LogP contribution in [0.1, 0.15) is 18.4 Å². The van der Waals surface area contributed by atoms with Crippen molar-refractivity contribution in [2.75, 3.05) is 11.9 Å². The quantitative estimate of drug-likeness (QED) is 0.814. The highest BCUT2D eigenvalue weighted by atomic mass is 19.1. The zero-order valence-electron chi connectivity index (χ0n) is 9.73. The number of anilines is 1. The first-order chi connectivity index (χ1) is 8.25. The molecule has 1 heterocycles. The van der Waals surface area contributed by atoms with E-state index in [0.29, 0.717) is 5.92 Å². The minimum Gasteiger partial charge on any atom is -0.384 e. The molecule has 88 valence electrons. The van der Waals surface area contributed by atoms with Crippen molar-refractivity contribution >= 4 is 5.69 Å². The molecule has 1 N–H and O–H groups in total. The lowest BCUT2D eigenvalue weighted by atomic mass is 10.0. The molecule has 3 heteroatoms. The lowest BCUT2D eigenvalue weighted by molar-refractivity contribution is 0.584. The molecule has 0 amide bonds. The Balaban J connectivity index is 1.95. The Morgan fingerprint density at radius 2 is 2.00 bits per heavy atom. The molecule has 0 aliphatic heterocycles. The molecule has 0 bridgehead atoms. The van der Waals surface area contributed by atoms with Gasteiger partial charge in [0.2, 0.25) is 5.95 Å². The molecule has 0 aliphatic rings. The maximum atomic E-state index is 12.9. The van der Waals surface area contributed by atoms with E-state index in [1.54, 1.807) is 6.07 Å². The molecule has 2 nitrogen and oxygen atoms in total. The van der Waals surface area contributed by atoms with Crippen molar-refractivity contribution in [1.29, 1.82) is 0 Å². The van der Waals surface area contributed by atoms with Crippen LogP contribution in [0.25, 0.3) is 0 Å². The van der Waals surface area contributed by atoms with Gasteiger partial charge in [0, 0.05) is 24.5 Å². The maximum Gasteiger partial charge on any atom is 0.214 e. The first-order valence-electron chi connectivity index (χ1n) is 5.66. The Bertz CT molecular complexity index is 471. The van der Waals surface area contributed by atoms with E-state index in [2.05, 4.69) is 29.4 Å². The lowest BCUT2D eigenvalue weighted by Gasteiger charge is -2.13. The van der Waals surface area contributed by atoms with Gasteiger partial charge in [0.15, 0.2) is 0 Å². The summed E-state index contributed by atoms with van der Waals surface area (Å²) in [5.74, 6) is -0.0743. The lowest BCUT2D eigenvalue weighted by Crippen LogP contribution is -2.09. The standard InChI is InChI=1S/C14H15FN2/c1-11(12-5-3-2-4-6-12)10-17-13-7-8-16-14(15)9-13/h2-9,11H,10H2,1H3,(H,16,17). The van der Waals surface area contributed by atoms with Gasteiger partial charge in [-0.05, 0) is 17.5 Å². The highest BCUT2D eigenvalue weighted by molar-refractivity contribution is 5.41. The molecule has 17 heavy (non-hydrogen) atoms. The molecule has 0 aliphatic carbocycles. The van der Waals surface area contributed by atoms with Crippen molar-refractivity contribution in [3.63, 3.8) is 0 Å². The Morgan fingerprint density at radius 1 is 1.24 bits per heavy atom. The number of benzene rings is 1. The van der Waals surface area contributed by atoms with Gasteiger partial charge >= 0.3 is 0 Å². The molecular formula is C14H15FN2. The summed E-state index contributed by atoms with van der Waals surface area (Å²) in [5.41, 5.74) is 2.04. The van der Waals surface area contributed by atoms with Crippen LogP contribution in [0.4, 0.5) is 10.1 Å². The predicted molar refractivity (Wildman–Crippen MR) is 67.5 cm³/mol. The summed E-state index contributed by atoms with van der Waals surface area (Å²) in [6.45, 7) is 2.91. The number of hydrogen-bond donors (Lipinski definition) is 1. The number of pyridine rings is 1. The van der Waals surface area contributed by atoms with E-state index < -0.39 is 5.95 Å². The highest BCUT2D eigenvalue weighted by Gasteiger charge is 2.04. The van der Waals surface area contributed by atoms with Crippen LogP contribution in [0, 0.1) is 5.95 Å². The molecule has 1 unspecified atom stereocenters. The summed E-state index contributed by atoms with van der Waals surface area (Å²) in [5, 5.41) is 3.20. The first kappa shape index (κ1) is 11.6. The second-order valence-electron chi connectivity index (χ2n) is 4.06. The molecule has 0 fully saturated rings. The number of nitrogens with one attached hydrogen (secondary N) is 1. The number of aromatic nitrogens is 1. The SMILES string of the molecule is CC(CNc1ccnc(F)c1)c1ccccc1. The summed E-state index contributed by atoms with van der Waals surface area (Å²) >= 11 is 0. The van der Waals surface area contributed by atoms with E-state index in [0.717, 1.165) is 12.2 Å². The van der Waals surface area contributed by atoms with Crippen molar-refractivity contribution < 1.29 is 4.39 Å². The van der Waals surface area contributed by atoms with Crippen LogP contribution in [0.3, 0.4) is 0 Å². The predicted octanol–water partition coefficient (Wildman–Crippen LogP) is 3.44. The van der Waals surface area contributed by atoms with Crippen LogP contribution >= 0.6 is 0 Å². The molecule has 1 aromatic carbocycles. The van der Waals surface area contributed by atoms with Crippen LogP contribution < -0.4 is 5.32 Å². The Labute approximate surface area is 101 Å². The number of nitrogens with zero attached hydrogens (tertiary/aromatic N) is 1. The van der Waals surface area contributed by atoms with E-state index in [1.807, 2.05) is 18.2 Å². The van der Waals surface area contributed by atoms with Crippen LogP contribution in [0.15, 0.2) is 48.7 Å². The molecule has 1 atom stereocenters. The van der Waals surface area contributed by atoms with Gasteiger partial charge in [0.1, 0.15) is 0 Å². The minimum absolute atomic E-state index is 0.382. The van der Waals surface area contributed by atoms with E-state index in [1.165, 1.54) is 17.8 Å². The number of rotatable bonds is 4. The number of halogens is 1. The average molecular weight is 230 g/mol. The summed E-state index contributed by atoms with van der Waals surface area (Å²) in [4.78, 5) is 3.52. The third-order valence-electron chi connectivity index (χ3n) is 2.71. The third-order valence-corrected chi connectivity index (χ3v) is 2.71. The zero-order chi connectivity index (χ0) is 12.1. The van der Waals surface area contributed by atoms with E-state index in [4.69, 9.17) is 0 Å². The van der Waals surface area contributed by atoms with E-state index in [-0.39, 0.29) is 0 Å². The Morgan fingerprint density at radius 3 is 2.71 bits per heavy atom. The van der Waals surface area contributed by atoms with Crippen LogP contribution in [-0.4, -0.2) is 11.5 Å². The molecule has 0 spiro atoms. The normalized spacial score (nSPS) is 12.1. The van der Waals surface area contributed by atoms with Crippen molar-refractivity contribution in [3.8, 4) is 0 Å². The monoisotopic (exact) mass is 230 g/mol. The topological polar surface area (TPSA) is 24.9 Å². The van der Waals surface area contributed by atoms with Gasteiger partial charge < -0.3 is 5.32 Å². The highest BCUT2D eigenvalue weighted by Crippen LogP contribution is 2.16. The molecule has 2 aromatic rings. The molecule has 2 rings (SSSR count). The number of hydrogen-bond acceptors (Lipinski definition) is 2. The molecule has 0 saturated heterocycles. The Kier molecular flexibility index (Phi) is 3.70. The van der Waals surface area contributed by atoms with Gasteiger partial charge in [-0.1, -0.05) is 37.3 Å². The van der Waals surface area contributed by atoms with Gasteiger partial charge in [-0.3, -0.25) is 0 Å². The van der Waals surface area contributed by atoms with Gasteiger partial charge in [-0.15, -0.1) is 0 Å². The van der Waals surface area contributed by atoms with Gasteiger partial charge in [0.05, 0.1) is 0 Å². The van der Waals surface area contributed by atoms with Crippen LogP contribution in [0.2, 0.25) is 0 Å². The van der Waals surface area contributed by atoms with Crippen molar-refractivity contribution in [3.05, 3.63) is 60.2 Å². The fraction of sp³-hybridized carbons (Fsp3) is 0.214. The molecular weight excluding hydrogens is 215 g/mol. The van der Waals surface area contributed by atoms with Gasteiger partial charge in [0.25, 0.3) is 0 Å². The molecule has 0 radical (unpaired) electrons. The largest absolute Gasteiger partial charge is 0.384 e. The fourth-order valence-electron chi connectivity index (χ4n) is 1.68. The van der Waals surface area contributed by atoms with Crippen LogP contribution in [-0.2, 0) is 0 Å².